The molecule has 1 aliphatic carbocycles. The Kier molecular flexibility index (Phi) is 5.79. The summed E-state index contributed by atoms with van der Waals surface area (Å²) in [6.07, 6.45) is 5.58. The van der Waals surface area contributed by atoms with Gasteiger partial charge in [0.25, 0.3) is 0 Å². The number of hydrogen-bond donors (Lipinski definition) is 0. The van der Waals surface area contributed by atoms with Gasteiger partial charge in [-0.05, 0) is 43.8 Å². The normalized spacial score (nSPS) is 20.9. The number of hydrogen-bond acceptors (Lipinski definition) is 4. The summed E-state index contributed by atoms with van der Waals surface area (Å²) in [5.41, 5.74) is 1.35. The summed E-state index contributed by atoms with van der Waals surface area (Å²) >= 11 is 2.97. The molecule has 23 heavy (non-hydrogen) atoms. The highest BCUT2D eigenvalue weighted by Crippen LogP contribution is 2.44. The van der Waals surface area contributed by atoms with Gasteiger partial charge in [0.15, 0.2) is 11.6 Å². The van der Waals surface area contributed by atoms with Crippen molar-refractivity contribution in [2.24, 2.45) is 5.92 Å². The van der Waals surface area contributed by atoms with E-state index in [1.807, 2.05) is 43.7 Å². The van der Waals surface area contributed by atoms with Crippen LogP contribution in [0.1, 0.15) is 49.5 Å². The molecule has 0 aromatic heterocycles. The van der Waals surface area contributed by atoms with Gasteiger partial charge < -0.3 is 0 Å². The van der Waals surface area contributed by atoms with Crippen molar-refractivity contribution >= 4 is 35.1 Å². The van der Waals surface area contributed by atoms with E-state index in [9.17, 15) is 9.59 Å². The van der Waals surface area contributed by atoms with Gasteiger partial charge in [-0.15, -0.1) is 23.5 Å². The van der Waals surface area contributed by atoms with Gasteiger partial charge in [-0.25, -0.2) is 0 Å². The van der Waals surface area contributed by atoms with Gasteiger partial charge >= 0.3 is 0 Å². The summed E-state index contributed by atoms with van der Waals surface area (Å²) in [4.78, 5) is 26.2. The quantitative estimate of drug-likeness (QED) is 0.549. The molecule has 0 spiro atoms. The molecule has 1 aromatic carbocycles. The molecular formula is C19H24O2S2. The Bertz CT molecular complexity index is 655. The van der Waals surface area contributed by atoms with Crippen molar-refractivity contribution in [2.45, 2.75) is 39.0 Å². The average Bonchev–Trinajstić information content (AvgIpc) is 2.55. The molecule has 1 unspecified atom stereocenters. The lowest BCUT2D eigenvalue weighted by atomic mass is 9.65. The van der Waals surface area contributed by atoms with Gasteiger partial charge in [0.1, 0.15) is 0 Å². The van der Waals surface area contributed by atoms with Crippen LogP contribution in [0.2, 0.25) is 0 Å². The molecule has 0 radical (unpaired) electrons. The molecule has 0 saturated carbocycles. The van der Waals surface area contributed by atoms with Crippen molar-refractivity contribution in [3.05, 3.63) is 45.2 Å². The van der Waals surface area contributed by atoms with Crippen LogP contribution in [0.25, 0.3) is 0 Å². The van der Waals surface area contributed by atoms with Gasteiger partial charge in [0.05, 0.1) is 15.2 Å². The topological polar surface area (TPSA) is 34.1 Å². The summed E-state index contributed by atoms with van der Waals surface area (Å²) in [7, 11) is 0. The summed E-state index contributed by atoms with van der Waals surface area (Å²) < 4.78 is 0.824. The standard InChI is InChI=1S/C19H24O2S2/c1-12(2)10-11-19(3)14-9-7-6-8-13(14)16(20)15(17(19)21)18(22-4)23-5/h6-9,12H,10-11H2,1-5H3. The Morgan fingerprint density at radius 2 is 1.74 bits per heavy atom. The molecular weight excluding hydrogens is 324 g/mol. The molecule has 0 N–H and O–H groups in total. The molecule has 4 heteroatoms. The first-order valence-corrected chi connectivity index (χ1v) is 10.3. The molecule has 0 amide bonds. The van der Waals surface area contributed by atoms with Crippen molar-refractivity contribution in [1.82, 2.24) is 0 Å². The maximum atomic E-state index is 13.3. The van der Waals surface area contributed by atoms with Gasteiger partial charge in [-0.1, -0.05) is 38.1 Å². The first-order chi connectivity index (χ1) is 10.9. The Labute approximate surface area is 147 Å². The number of benzene rings is 1. The summed E-state index contributed by atoms with van der Waals surface area (Å²) in [5, 5.41) is 0. The third-order valence-corrected chi connectivity index (χ3v) is 6.67. The fraction of sp³-hybridized carbons (Fsp3) is 0.474. The number of rotatable bonds is 5. The zero-order chi connectivity index (χ0) is 17.2. The molecule has 2 nitrogen and oxygen atoms in total. The molecule has 0 aliphatic heterocycles. The number of carbonyl (C=O) groups is 2. The highest BCUT2D eigenvalue weighted by molar-refractivity contribution is 8.21. The third-order valence-electron chi connectivity index (χ3n) is 4.52. The van der Waals surface area contributed by atoms with E-state index in [0.717, 1.165) is 22.6 Å². The van der Waals surface area contributed by atoms with E-state index in [-0.39, 0.29) is 11.6 Å². The summed E-state index contributed by atoms with van der Waals surface area (Å²) in [5.74, 6) is 0.393. The molecule has 0 saturated heterocycles. The second-order valence-corrected chi connectivity index (χ2v) is 8.43. The Hall–Kier alpha value is -1.00. The minimum absolute atomic E-state index is 0.0134. The van der Waals surface area contributed by atoms with E-state index in [1.165, 1.54) is 23.5 Å². The predicted octanol–water partition coefficient (Wildman–Crippen LogP) is 5.08. The van der Waals surface area contributed by atoms with E-state index in [4.69, 9.17) is 0 Å². The van der Waals surface area contributed by atoms with Crippen molar-refractivity contribution in [1.29, 1.82) is 0 Å². The lowest BCUT2D eigenvalue weighted by Gasteiger charge is -2.36. The van der Waals surface area contributed by atoms with Gasteiger partial charge in [0, 0.05) is 5.56 Å². The largest absolute Gasteiger partial charge is 0.293 e. The molecule has 124 valence electrons. The smallest absolute Gasteiger partial charge is 0.198 e. The van der Waals surface area contributed by atoms with Gasteiger partial charge in [0.2, 0.25) is 0 Å². The lowest BCUT2D eigenvalue weighted by Crippen LogP contribution is -2.42. The number of carbonyl (C=O) groups excluding carboxylic acids is 2. The molecule has 0 bridgehead atoms. The van der Waals surface area contributed by atoms with Crippen LogP contribution >= 0.6 is 23.5 Å². The van der Waals surface area contributed by atoms with Crippen molar-refractivity contribution in [3.8, 4) is 0 Å². The Morgan fingerprint density at radius 1 is 1.13 bits per heavy atom. The van der Waals surface area contributed by atoms with Crippen LogP contribution in [0.3, 0.4) is 0 Å². The number of thioether (sulfide) groups is 2. The van der Waals surface area contributed by atoms with Crippen LogP contribution in [0, 0.1) is 5.92 Å². The van der Waals surface area contributed by atoms with Crippen molar-refractivity contribution in [2.75, 3.05) is 12.5 Å². The van der Waals surface area contributed by atoms with E-state index in [1.54, 1.807) is 0 Å². The number of allylic oxidation sites excluding steroid dienone is 1. The number of Topliss-reactive ketones (excluding diaryl/α,β-unsaturated/α-hetero) is 2. The van der Waals surface area contributed by atoms with Crippen LogP contribution in [0.4, 0.5) is 0 Å². The zero-order valence-electron chi connectivity index (χ0n) is 14.4. The summed E-state index contributed by atoms with van der Waals surface area (Å²) in [6, 6.07) is 7.60. The van der Waals surface area contributed by atoms with Crippen LogP contribution in [-0.2, 0) is 10.2 Å². The van der Waals surface area contributed by atoms with Crippen LogP contribution in [0.5, 0.6) is 0 Å². The second kappa shape index (κ2) is 7.27. The van der Waals surface area contributed by atoms with Crippen LogP contribution in [0.15, 0.2) is 34.1 Å². The Balaban J connectivity index is 2.66. The van der Waals surface area contributed by atoms with Gasteiger partial charge in [-0.2, -0.15) is 0 Å². The fourth-order valence-corrected chi connectivity index (χ4v) is 4.54. The number of fused-ring (bicyclic) bond motifs is 1. The molecule has 1 aliphatic rings. The minimum Gasteiger partial charge on any atom is -0.293 e. The lowest BCUT2D eigenvalue weighted by molar-refractivity contribution is -0.120. The molecule has 1 aromatic rings. The van der Waals surface area contributed by atoms with Crippen molar-refractivity contribution in [3.63, 3.8) is 0 Å². The summed E-state index contributed by atoms with van der Waals surface area (Å²) in [6.45, 7) is 6.33. The van der Waals surface area contributed by atoms with Crippen LogP contribution < -0.4 is 0 Å². The van der Waals surface area contributed by atoms with E-state index in [0.29, 0.717) is 17.1 Å². The average molecular weight is 349 g/mol. The predicted molar refractivity (Wildman–Crippen MR) is 101 cm³/mol. The monoisotopic (exact) mass is 348 g/mol. The van der Waals surface area contributed by atoms with Crippen molar-refractivity contribution < 1.29 is 9.59 Å². The number of ketones is 2. The van der Waals surface area contributed by atoms with E-state index < -0.39 is 5.41 Å². The minimum atomic E-state index is -0.610. The van der Waals surface area contributed by atoms with Gasteiger partial charge in [-0.3, -0.25) is 9.59 Å². The SMILES string of the molecule is CSC(SC)=C1C(=O)c2ccccc2C(C)(CCC(C)C)C1=O. The molecule has 1 atom stereocenters. The molecule has 0 fully saturated rings. The first kappa shape index (κ1) is 18.3. The second-order valence-electron chi connectivity index (χ2n) is 6.54. The van der Waals surface area contributed by atoms with E-state index >= 15 is 0 Å². The highest BCUT2D eigenvalue weighted by atomic mass is 32.2. The molecule has 2 rings (SSSR count). The molecule has 0 heterocycles. The zero-order valence-corrected chi connectivity index (χ0v) is 16.1. The maximum absolute atomic E-state index is 13.3. The third kappa shape index (κ3) is 3.29. The fourth-order valence-electron chi connectivity index (χ4n) is 3.10. The van der Waals surface area contributed by atoms with Crippen LogP contribution in [-0.4, -0.2) is 24.1 Å². The maximum Gasteiger partial charge on any atom is 0.198 e. The highest BCUT2D eigenvalue weighted by Gasteiger charge is 2.46. The first-order valence-electron chi connectivity index (χ1n) is 7.88. The van der Waals surface area contributed by atoms with E-state index in [2.05, 4.69) is 13.8 Å². The Morgan fingerprint density at radius 3 is 2.30 bits per heavy atom.